The Morgan fingerprint density at radius 1 is 1.06 bits per heavy atom. The lowest BCUT2D eigenvalue weighted by molar-refractivity contribution is -0.113. The fraction of sp³-hybridized carbons (Fsp3) is 0.182. The third kappa shape index (κ3) is 4.44. The topological polar surface area (TPSA) is 90.9 Å². The predicted molar refractivity (Wildman–Crippen MR) is 121 cm³/mol. The molecule has 0 bridgehead atoms. The molecule has 0 saturated heterocycles. The fourth-order valence-corrected chi connectivity index (χ4v) is 4.15. The highest BCUT2D eigenvalue weighted by atomic mass is 32.2. The summed E-state index contributed by atoms with van der Waals surface area (Å²) in [4.78, 5) is 42.1. The second-order valence-electron chi connectivity index (χ2n) is 7.31. The summed E-state index contributed by atoms with van der Waals surface area (Å²) in [6.45, 7) is 0.293. The van der Waals surface area contributed by atoms with Crippen LogP contribution in [0, 0.1) is 11.6 Å². The van der Waals surface area contributed by atoms with Gasteiger partial charge in [-0.15, -0.1) is 0 Å². The van der Waals surface area contributed by atoms with E-state index in [9.17, 15) is 23.2 Å². The number of halogens is 2. The number of aromatic nitrogens is 4. The standard InChI is InChI=1S/C22H19F2N5O3S/c1-27-19-18(20(31)28(2)22(27)32)29(11-13-6-4-3-5-7-13)21(26-19)33-12-17(30)25-16-9-8-14(23)10-15(16)24/h3-10H,11-12H2,1-2H3,(H,25,30). The number of hydrogen-bond acceptors (Lipinski definition) is 5. The molecule has 0 aliphatic rings. The monoisotopic (exact) mass is 471 g/mol. The van der Waals surface area contributed by atoms with Gasteiger partial charge in [0.05, 0.1) is 18.0 Å². The Hall–Kier alpha value is -3.73. The number of carbonyl (C=O) groups is 1. The van der Waals surface area contributed by atoms with Gasteiger partial charge >= 0.3 is 5.69 Å². The van der Waals surface area contributed by atoms with Crippen molar-refractivity contribution >= 4 is 34.5 Å². The number of aryl methyl sites for hydroxylation is 1. The number of nitrogens with zero attached hydrogens (tertiary/aromatic N) is 4. The van der Waals surface area contributed by atoms with Crippen LogP contribution in [0.1, 0.15) is 5.56 Å². The van der Waals surface area contributed by atoms with Gasteiger partial charge in [-0.05, 0) is 17.7 Å². The van der Waals surface area contributed by atoms with Crippen molar-refractivity contribution in [1.82, 2.24) is 18.7 Å². The van der Waals surface area contributed by atoms with E-state index in [2.05, 4.69) is 10.3 Å². The third-order valence-corrected chi connectivity index (χ3v) is 6.01. The number of hydrogen-bond donors (Lipinski definition) is 1. The molecule has 0 spiro atoms. The Kier molecular flexibility index (Phi) is 6.14. The minimum absolute atomic E-state index is 0.143. The minimum atomic E-state index is -0.886. The van der Waals surface area contributed by atoms with E-state index in [4.69, 9.17) is 0 Å². The van der Waals surface area contributed by atoms with E-state index in [1.807, 2.05) is 30.3 Å². The van der Waals surface area contributed by atoms with Crippen molar-refractivity contribution in [2.45, 2.75) is 11.7 Å². The minimum Gasteiger partial charge on any atom is -0.323 e. The number of benzene rings is 2. The quantitative estimate of drug-likeness (QED) is 0.437. The van der Waals surface area contributed by atoms with E-state index in [1.54, 1.807) is 4.57 Å². The first-order chi connectivity index (χ1) is 15.8. The van der Waals surface area contributed by atoms with E-state index in [-0.39, 0.29) is 22.6 Å². The highest BCUT2D eigenvalue weighted by Gasteiger charge is 2.20. The zero-order valence-corrected chi connectivity index (χ0v) is 18.5. The molecule has 0 fully saturated rings. The van der Waals surface area contributed by atoms with Gasteiger partial charge in [0, 0.05) is 20.2 Å². The van der Waals surface area contributed by atoms with Crippen LogP contribution in [0.5, 0.6) is 0 Å². The molecule has 4 rings (SSSR count). The molecule has 11 heteroatoms. The molecule has 170 valence electrons. The van der Waals surface area contributed by atoms with E-state index in [1.165, 1.54) is 18.7 Å². The van der Waals surface area contributed by atoms with Gasteiger partial charge < -0.3 is 9.88 Å². The van der Waals surface area contributed by atoms with Gasteiger partial charge in [0.25, 0.3) is 5.56 Å². The number of fused-ring (bicyclic) bond motifs is 1. The van der Waals surface area contributed by atoms with Crippen molar-refractivity contribution in [1.29, 1.82) is 0 Å². The van der Waals surface area contributed by atoms with Crippen LogP contribution < -0.4 is 16.6 Å². The summed E-state index contributed by atoms with van der Waals surface area (Å²) in [6.07, 6.45) is 0. The number of anilines is 1. The molecule has 2 heterocycles. The summed E-state index contributed by atoms with van der Waals surface area (Å²) in [6, 6.07) is 12.2. The maximum Gasteiger partial charge on any atom is 0.332 e. The van der Waals surface area contributed by atoms with Crippen molar-refractivity contribution < 1.29 is 13.6 Å². The Balaban J connectivity index is 1.69. The van der Waals surface area contributed by atoms with E-state index in [0.717, 1.165) is 34.0 Å². The van der Waals surface area contributed by atoms with Crippen LogP contribution in [-0.2, 0) is 25.4 Å². The molecule has 1 N–H and O–H groups in total. The molecule has 0 unspecified atom stereocenters. The summed E-state index contributed by atoms with van der Waals surface area (Å²) < 4.78 is 30.9. The van der Waals surface area contributed by atoms with Crippen LogP contribution in [-0.4, -0.2) is 30.3 Å². The predicted octanol–water partition coefficient (Wildman–Crippen LogP) is 2.49. The molecule has 4 aromatic rings. The zero-order valence-electron chi connectivity index (χ0n) is 17.7. The van der Waals surface area contributed by atoms with Crippen LogP contribution in [0.2, 0.25) is 0 Å². The van der Waals surface area contributed by atoms with Gasteiger partial charge in [0.1, 0.15) is 11.6 Å². The first-order valence-corrected chi connectivity index (χ1v) is 10.8. The molecular formula is C22H19F2N5O3S. The van der Waals surface area contributed by atoms with E-state index >= 15 is 0 Å². The van der Waals surface area contributed by atoms with Crippen LogP contribution in [0.4, 0.5) is 14.5 Å². The maximum absolute atomic E-state index is 13.8. The van der Waals surface area contributed by atoms with Crippen molar-refractivity contribution in [2.24, 2.45) is 14.1 Å². The van der Waals surface area contributed by atoms with Gasteiger partial charge in [-0.25, -0.2) is 18.6 Å². The molecule has 0 aliphatic heterocycles. The SMILES string of the molecule is Cn1c(=O)c2c(nc(SCC(=O)Nc3ccc(F)cc3F)n2Cc2ccccc2)n(C)c1=O. The summed E-state index contributed by atoms with van der Waals surface area (Å²) in [5.74, 6) is -2.32. The Bertz CT molecular complexity index is 1480. The molecule has 0 saturated carbocycles. The first kappa shape index (κ1) is 22.5. The van der Waals surface area contributed by atoms with Crippen LogP contribution in [0.3, 0.4) is 0 Å². The highest BCUT2D eigenvalue weighted by molar-refractivity contribution is 7.99. The maximum atomic E-state index is 13.8. The Labute approximate surface area is 190 Å². The molecule has 0 radical (unpaired) electrons. The summed E-state index contributed by atoms with van der Waals surface area (Å²) in [5.41, 5.74) is 0.171. The fourth-order valence-electron chi connectivity index (χ4n) is 3.36. The number of thioether (sulfide) groups is 1. The first-order valence-electron chi connectivity index (χ1n) is 9.84. The van der Waals surface area contributed by atoms with Crippen LogP contribution in [0.25, 0.3) is 11.2 Å². The molecule has 1 amide bonds. The lowest BCUT2D eigenvalue weighted by Crippen LogP contribution is -2.37. The summed E-state index contributed by atoms with van der Waals surface area (Å²) in [5, 5.41) is 2.74. The molecule has 33 heavy (non-hydrogen) atoms. The number of carbonyl (C=O) groups excluding carboxylic acids is 1. The number of imidazole rings is 1. The molecule has 0 aliphatic carbocycles. The van der Waals surface area contributed by atoms with Crippen molar-refractivity contribution in [3.05, 3.63) is 86.6 Å². The molecule has 2 aromatic heterocycles. The lowest BCUT2D eigenvalue weighted by atomic mass is 10.2. The second kappa shape index (κ2) is 9.02. The van der Waals surface area contributed by atoms with Gasteiger partial charge in [0.15, 0.2) is 16.3 Å². The number of nitrogens with one attached hydrogen (secondary N) is 1. The van der Waals surface area contributed by atoms with Crippen molar-refractivity contribution in [3.63, 3.8) is 0 Å². The van der Waals surface area contributed by atoms with Crippen LogP contribution in [0.15, 0.2) is 63.3 Å². The number of amides is 1. The molecule has 2 aromatic carbocycles. The average molecular weight is 471 g/mol. The van der Waals surface area contributed by atoms with Crippen molar-refractivity contribution in [3.8, 4) is 0 Å². The largest absolute Gasteiger partial charge is 0.332 e. The third-order valence-electron chi connectivity index (χ3n) is 5.03. The molecule has 0 atom stereocenters. The van der Waals surface area contributed by atoms with Gasteiger partial charge in [-0.3, -0.25) is 18.7 Å². The van der Waals surface area contributed by atoms with Crippen molar-refractivity contribution in [2.75, 3.05) is 11.1 Å². The summed E-state index contributed by atoms with van der Waals surface area (Å²) in [7, 11) is 2.91. The second-order valence-corrected chi connectivity index (χ2v) is 8.25. The zero-order chi connectivity index (χ0) is 23.7. The van der Waals surface area contributed by atoms with E-state index in [0.29, 0.717) is 17.8 Å². The average Bonchev–Trinajstić information content (AvgIpc) is 3.15. The van der Waals surface area contributed by atoms with E-state index < -0.39 is 28.8 Å². The van der Waals surface area contributed by atoms with Gasteiger partial charge in [-0.2, -0.15) is 0 Å². The Morgan fingerprint density at radius 3 is 2.48 bits per heavy atom. The summed E-state index contributed by atoms with van der Waals surface area (Å²) >= 11 is 1.04. The molecular weight excluding hydrogens is 452 g/mol. The van der Waals surface area contributed by atoms with Gasteiger partial charge in [0.2, 0.25) is 5.91 Å². The van der Waals surface area contributed by atoms with Gasteiger partial charge in [-0.1, -0.05) is 42.1 Å². The molecule has 8 nitrogen and oxygen atoms in total. The lowest BCUT2D eigenvalue weighted by Gasteiger charge is -2.10. The number of rotatable bonds is 6. The Morgan fingerprint density at radius 2 is 1.79 bits per heavy atom. The van der Waals surface area contributed by atoms with Crippen LogP contribution >= 0.6 is 11.8 Å². The normalized spacial score (nSPS) is 11.2. The highest BCUT2D eigenvalue weighted by Crippen LogP contribution is 2.24. The smallest absolute Gasteiger partial charge is 0.323 e.